The highest BCUT2D eigenvalue weighted by molar-refractivity contribution is 6.42. The summed E-state index contributed by atoms with van der Waals surface area (Å²) in [5, 5.41) is 0.757. The molecule has 2 aliphatic rings. The Kier molecular flexibility index (Phi) is 4.02. The first-order valence-corrected chi connectivity index (χ1v) is 8.55. The fourth-order valence-electron chi connectivity index (χ4n) is 3.39. The van der Waals surface area contributed by atoms with E-state index >= 15 is 0 Å². The molecule has 2 aromatic rings. The molecule has 2 aliphatic heterocycles. The minimum Gasteiger partial charge on any atom is -0.456 e. The second-order valence-corrected chi connectivity index (χ2v) is 6.69. The molecule has 2 heterocycles. The molecule has 4 rings (SSSR count). The van der Waals surface area contributed by atoms with Crippen LogP contribution in [0.5, 0.6) is 0 Å². The Bertz CT molecular complexity index is 908. The summed E-state index contributed by atoms with van der Waals surface area (Å²) in [5.74, 6) is -0.975. The number of halogens is 2. The molecule has 0 N–H and O–H groups in total. The fraction of sp³-hybridized carbons (Fsp3) is 0.158. The lowest BCUT2D eigenvalue weighted by Crippen LogP contribution is -2.37. The number of benzene rings is 2. The summed E-state index contributed by atoms with van der Waals surface area (Å²) in [7, 11) is 0. The summed E-state index contributed by atoms with van der Waals surface area (Å²) in [4.78, 5) is 26.8. The number of hydrogen-bond donors (Lipinski definition) is 0. The summed E-state index contributed by atoms with van der Waals surface area (Å²) < 4.78 is 5.24. The van der Waals surface area contributed by atoms with Crippen molar-refractivity contribution in [3.8, 4) is 0 Å². The van der Waals surface area contributed by atoms with Crippen LogP contribution in [0, 0.1) is 0 Å². The average molecular weight is 374 g/mol. The zero-order chi connectivity index (χ0) is 17.6. The van der Waals surface area contributed by atoms with Crippen molar-refractivity contribution in [1.29, 1.82) is 0 Å². The Labute approximate surface area is 154 Å². The third-order valence-corrected chi connectivity index (χ3v) is 5.32. The zero-order valence-corrected chi connectivity index (χ0v) is 14.6. The van der Waals surface area contributed by atoms with Crippen molar-refractivity contribution < 1.29 is 14.3 Å². The largest absolute Gasteiger partial charge is 0.456 e. The molecule has 4 nitrogen and oxygen atoms in total. The van der Waals surface area contributed by atoms with E-state index in [1.54, 1.807) is 23.1 Å². The maximum atomic E-state index is 12.9. The van der Waals surface area contributed by atoms with Gasteiger partial charge in [-0.15, -0.1) is 0 Å². The molecule has 0 bridgehead atoms. The van der Waals surface area contributed by atoms with Crippen LogP contribution in [0.15, 0.2) is 59.8 Å². The van der Waals surface area contributed by atoms with Gasteiger partial charge in [0.1, 0.15) is 6.61 Å². The number of anilines is 1. The molecule has 25 heavy (non-hydrogen) atoms. The summed E-state index contributed by atoms with van der Waals surface area (Å²) in [6, 6.07) is 14.5. The molecular weight excluding hydrogens is 361 g/mol. The van der Waals surface area contributed by atoms with Crippen molar-refractivity contribution in [2.45, 2.75) is 12.3 Å². The Morgan fingerprint density at radius 3 is 2.52 bits per heavy atom. The third-order valence-electron chi connectivity index (χ3n) is 4.49. The highest BCUT2D eigenvalue weighted by Gasteiger charge is 2.43. The van der Waals surface area contributed by atoms with Gasteiger partial charge in [-0.3, -0.25) is 9.69 Å². The van der Waals surface area contributed by atoms with Gasteiger partial charge in [0.05, 0.1) is 21.3 Å². The van der Waals surface area contributed by atoms with E-state index in [0.29, 0.717) is 32.6 Å². The fourth-order valence-corrected chi connectivity index (χ4v) is 3.83. The van der Waals surface area contributed by atoms with Crippen molar-refractivity contribution >= 4 is 40.8 Å². The van der Waals surface area contributed by atoms with Crippen LogP contribution in [-0.4, -0.2) is 18.5 Å². The van der Waals surface area contributed by atoms with Gasteiger partial charge in [0.25, 0.3) is 0 Å². The molecule has 0 spiro atoms. The minimum absolute atomic E-state index is 0.0729. The molecule has 1 unspecified atom stereocenters. The Balaban J connectivity index is 1.87. The summed E-state index contributed by atoms with van der Waals surface area (Å²) in [6.07, 6.45) is 0.128. The second kappa shape index (κ2) is 6.21. The van der Waals surface area contributed by atoms with Gasteiger partial charge in [-0.05, 0) is 23.8 Å². The summed E-state index contributed by atoms with van der Waals surface area (Å²) >= 11 is 12.4. The maximum absolute atomic E-state index is 12.9. The number of nitrogens with zero attached hydrogens (tertiary/aromatic N) is 1. The van der Waals surface area contributed by atoms with Crippen LogP contribution in [0.2, 0.25) is 10.0 Å². The lowest BCUT2D eigenvalue weighted by atomic mass is 9.84. The lowest BCUT2D eigenvalue weighted by Gasteiger charge is -2.32. The quantitative estimate of drug-likeness (QED) is 0.736. The van der Waals surface area contributed by atoms with Crippen LogP contribution in [-0.2, 0) is 14.3 Å². The van der Waals surface area contributed by atoms with E-state index < -0.39 is 11.9 Å². The van der Waals surface area contributed by atoms with Crippen LogP contribution < -0.4 is 4.90 Å². The first kappa shape index (κ1) is 16.2. The second-order valence-electron chi connectivity index (χ2n) is 5.90. The van der Waals surface area contributed by atoms with Gasteiger partial charge >= 0.3 is 5.97 Å². The van der Waals surface area contributed by atoms with E-state index in [0.717, 1.165) is 0 Å². The average Bonchev–Trinajstić information content (AvgIpc) is 2.99. The van der Waals surface area contributed by atoms with E-state index in [9.17, 15) is 9.59 Å². The monoisotopic (exact) mass is 373 g/mol. The van der Waals surface area contributed by atoms with Gasteiger partial charge in [-0.2, -0.15) is 0 Å². The van der Waals surface area contributed by atoms with Gasteiger partial charge in [0.2, 0.25) is 5.91 Å². The van der Waals surface area contributed by atoms with Crippen molar-refractivity contribution in [3.05, 3.63) is 75.4 Å². The van der Waals surface area contributed by atoms with Crippen molar-refractivity contribution in [3.63, 3.8) is 0 Å². The van der Waals surface area contributed by atoms with E-state index in [1.165, 1.54) is 0 Å². The number of ether oxygens (including phenoxy) is 1. The molecule has 0 saturated heterocycles. The number of amides is 1. The smallest absolute Gasteiger partial charge is 0.336 e. The normalized spacial score (nSPS) is 19.9. The number of carbonyl (C=O) groups excluding carboxylic acids is 2. The molecule has 2 aromatic carbocycles. The topological polar surface area (TPSA) is 46.6 Å². The number of hydrogen-bond acceptors (Lipinski definition) is 3. The van der Waals surface area contributed by atoms with Gasteiger partial charge in [0.15, 0.2) is 0 Å². The molecule has 0 saturated carbocycles. The highest BCUT2D eigenvalue weighted by Crippen LogP contribution is 2.44. The van der Waals surface area contributed by atoms with E-state index in [4.69, 9.17) is 27.9 Å². The first-order chi connectivity index (χ1) is 12.1. The number of para-hydroxylation sites is 1. The van der Waals surface area contributed by atoms with Crippen molar-refractivity contribution in [2.24, 2.45) is 0 Å². The van der Waals surface area contributed by atoms with E-state index in [1.807, 2.05) is 30.3 Å². The summed E-state index contributed by atoms with van der Waals surface area (Å²) in [5.41, 5.74) is 2.44. The summed E-state index contributed by atoms with van der Waals surface area (Å²) in [6.45, 7) is 0.0729. The zero-order valence-electron chi connectivity index (χ0n) is 13.0. The number of carbonyl (C=O) groups is 2. The Morgan fingerprint density at radius 2 is 1.76 bits per heavy atom. The molecular formula is C19H13Cl2NO3. The van der Waals surface area contributed by atoms with Crippen molar-refractivity contribution in [2.75, 3.05) is 11.5 Å². The van der Waals surface area contributed by atoms with Gasteiger partial charge in [-0.25, -0.2) is 4.79 Å². The minimum atomic E-state index is -0.455. The molecule has 0 aliphatic carbocycles. The predicted molar refractivity (Wildman–Crippen MR) is 95.7 cm³/mol. The lowest BCUT2D eigenvalue weighted by molar-refractivity contribution is -0.136. The molecule has 126 valence electrons. The standard InChI is InChI=1S/C19H13Cl2NO3/c20-14-8-4-7-12(18(14)21)13-9-16(23)22(11-5-2-1-3-6-11)15-10-25-19(24)17(13)15/h1-8,13H,9-10H2. The van der Waals surface area contributed by atoms with Gasteiger partial charge < -0.3 is 4.74 Å². The van der Waals surface area contributed by atoms with E-state index in [-0.39, 0.29) is 18.9 Å². The third kappa shape index (κ3) is 2.62. The van der Waals surface area contributed by atoms with Crippen LogP contribution >= 0.6 is 23.2 Å². The van der Waals surface area contributed by atoms with Gasteiger partial charge in [-0.1, -0.05) is 53.5 Å². The molecule has 1 amide bonds. The Morgan fingerprint density at radius 1 is 1.00 bits per heavy atom. The highest BCUT2D eigenvalue weighted by atomic mass is 35.5. The first-order valence-electron chi connectivity index (χ1n) is 7.80. The Hall–Kier alpha value is -2.30. The maximum Gasteiger partial charge on any atom is 0.336 e. The van der Waals surface area contributed by atoms with Crippen LogP contribution in [0.1, 0.15) is 17.9 Å². The molecule has 0 fully saturated rings. The molecule has 6 heteroatoms. The van der Waals surface area contributed by atoms with Crippen LogP contribution in [0.25, 0.3) is 0 Å². The SMILES string of the molecule is O=C1OCC2=C1C(c1cccc(Cl)c1Cl)CC(=O)N2c1ccccc1. The predicted octanol–water partition coefficient (Wildman–Crippen LogP) is 4.32. The molecule has 0 aromatic heterocycles. The van der Waals surface area contributed by atoms with Crippen LogP contribution in [0.4, 0.5) is 5.69 Å². The van der Waals surface area contributed by atoms with Gasteiger partial charge in [0, 0.05) is 18.0 Å². The van der Waals surface area contributed by atoms with E-state index in [2.05, 4.69) is 0 Å². The molecule has 1 atom stereocenters. The van der Waals surface area contributed by atoms with Crippen molar-refractivity contribution in [1.82, 2.24) is 0 Å². The number of rotatable bonds is 2. The van der Waals surface area contributed by atoms with Crippen LogP contribution in [0.3, 0.4) is 0 Å². The number of cyclic esters (lactones) is 1. The number of esters is 1. The molecule has 0 radical (unpaired) electrons.